The summed E-state index contributed by atoms with van der Waals surface area (Å²) in [5, 5.41) is 40.0. The summed E-state index contributed by atoms with van der Waals surface area (Å²) in [5.74, 6) is -0.494. The number of sulfone groups is 1. The van der Waals surface area contributed by atoms with Crippen LogP contribution in [0.25, 0.3) is 10.9 Å². The molecule has 50 heavy (non-hydrogen) atoms. The average Bonchev–Trinajstić information content (AvgIpc) is 3.51. The van der Waals surface area contributed by atoms with Crippen molar-refractivity contribution in [2.24, 2.45) is 0 Å². The van der Waals surface area contributed by atoms with E-state index in [9.17, 15) is 28.5 Å². The Morgan fingerprint density at radius 1 is 0.900 bits per heavy atom. The molecule has 0 radical (unpaired) electrons. The summed E-state index contributed by atoms with van der Waals surface area (Å²) >= 11 is 0. The fourth-order valence-electron chi connectivity index (χ4n) is 6.92. The molecule has 6 N–H and O–H groups in total. The molecule has 1 aliphatic carbocycles. The third-order valence-corrected chi connectivity index (χ3v) is 11.4. The maximum Gasteiger partial charge on any atom is 0.252 e. The van der Waals surface area contributed by atoms with E-state index in [1.807, 2.05) is 30.3 Å². The van der Waals surface area contributed by atoms with Crippen LogP contribution in [0.2, 0.25) is 0 Å². The number of phenolic OH excluding ortho intramolecular Hbond substituents is 1. The molecule has 11 heteroatoms. The van der Waals surface area contributed by atoms with Gasteiger partial charge in [-0.05, 0) is 96.5 Å². The van der Waals surface area contributed by atoms with E-state index in [0.29, 0.717) is 43.7 Å². The third-order valence-electron chi connectivity index (χ3n) is 9.64. The fraction of sp³-hybridized carbons (Fsp3) is 0.462. The minimum absolute atomic E-state index is 0.0257. The Bertz CT molecular complexity index is 1880. The van der Waals surface area contributed by atoms with E-state index in [1.54, 1.807) is 6.07 Å². The first kappa shape index (κ1) is 37.5. The number of aromatic hydroxyl groups is 2. The van der Waals surface area contributed by atoms with Gasteiger partial charge in [0.15, 0.2) is 9.84 Å². The number of hydrogen-bond donors (Lipinski definition) is 6. The monoisotopic (exact) mass is 705 g/mol. The van der Waals surface area contributed by atoms with Crippen LogP contribution in [-0.4, -0.2) is 79.1 Å². The smallest absolute Gasteiger partial charge is 0.252 e. The molecular formula is C39H51N3O7S. The number of aromatic nitrogens is 1. The summed E-state index contributed by atoms with van der Waals surface area (Å²) in [7, 11) is -3.27. The second-order valence-electron chi connectivity index (χ2n) is 13.2. The van der Waals surface area contributed by atoms with Gasteiger partial charge in [0, 0.05) is 37.2 Å². The zero-order chi connectivity index (χ0) is 35.7. The van der Waals surface area contributed by atoms with E-state index in [2.05, 4.69) is 41.6 Å². The normalized spacial score (nSPS) is 14.0. The lowest BCUT2D eigenvalue weighted by Crippen LogP contribution is -2.33. The lowest BCUT2D eigenvalue weighted by atomic mass is 9.96. The standard InChI is InChI=1S/C39H51N3O7S/c1-3-27-19-30-21-32(22-31(30)20-28(27)4-2)41-25-35(44)33-23-29(39(46)38-37(33)34(43)24-36(45)42-38)11-13-40-14-18-50(47,48)17-8-15-49-16-12-26-9-6-5-7-10-26/h5-7,9-10,19-20,23-24,32,35,40-41,44,46H,3-4,8,11-18,21-22,25H2,1-2H3,(H2,42,43,45). The predicted molar refractivity (Wildman–Crippen MR) is 198 cm³/mol. The van der Waals surface area contributed by atoms with Crippen molar-refractivity contribution in [2.75, 3.05) is 44.4 Å². The Labute approximate surface area is 294 Å². The number of benzene rings is 3. The molecule has 5 rings (SSSR count). The molecule has 1 aliphatic rings. The van der Waals surface area contributed by atoms with Gasteiger partial charge in [-0.25, -0.2) is 8.42 Å². The largest absolute Gasteiger partial charge is 0.507 e. The molecular weight excluding hydrogens is 655 g/mol. The topological polar surface area (TPSA) is 161 Å². The first-order valence-corrected chi connectivity index (χ1v) is 19.6. The Morgan fingerprint density at radius 2 is 1.60 bits per heavy atom. The van der Waals surface area contributed by atoms with E-state index >= 15 is 0 Å². The quantitative estimate of drug-likeness (QED) is 0.0792. The molecule has 270 valence electrons. The number of aryl methyl sites for hydroxylation is 2. The number of ether oxygens (including phenoxy) is 1. The summed E-state index contributed by atoms with van der Waals surface area (Å²) < 4.78 is 30.7. The minimum atomic E-state index is -3.27. The van der Waals surface area contributed by atoms with Crippen LogP contribution in [0.3, 0.4) is 0 Å². The van der Waals surface area contributed by atoms with Crippen LogP contribution in [-0.2, 0) is 53.1 Å². The first-order chi connectivity index (χ1) is 24.1. The Hall–Kier alpha value is -3.74. The fourth-order valence-corrected chi connectivity index (χ4v) is 8.14. The number of hydrogen-bond acceptors (Lipinski definition) is 9. The first-order valence-electron chi connectivity index (χ1n) is 17.8. The Kier molecular flexibility index (Phi) is 13.1. The highest BCUT2D eigenvalue weighted by molar-refractivity contribution is 7.91. The van der Waals surface area contributed by atoms with Crippen LogP contribution < -0.4 is 16.2 Å². The van der Waals surface area contributed by atoms with Crippen molar-refractivity contribution in [1.82, 2.24) is 15.6 Å². The maximum atomic E-state index is 12.6. The van der Waals surface area contributed by atoms with Crippen molar-refractivity contribution >= 4 is 20.7 Å². The second-order valence-corrected chi connectivity index (χ2v) is 15.5. The van der Waals surface area contributed by atoms with Crippen LogP contribution in [0.5, 0.6) is 11.5 Å². The molecule has 1 aromatic heterocycles. The number of nitrogens with one attached hydrogen (secondary N) is 3. The van der Waals surface area contributed by atoms with Crippen LogP contribution in [0.1, 0.15) is 65.3 Å². The van der Waals surface area contributed by atoms with E-state index in [1.165, 1.54) is 27.8 Å². The van der Waals surface area contributed by atoms with Gasteiger partial charge in [0.05, 0.1) is 29.7 Å². The highest BCUT2D eigenvalue weighted by Gasteiger charge is 2.25. The summed E-state index contributed by atoms with van der Waals surface area (Å²) in [6.45, 7) is 6.09. The van der Waals surface area contributed by atoms with Gasteiger partial charge >= 0.3 is 0 Å². The number of aromatic amines is 1. The average molecular weight is 706 g/mol. The zero-order valence-corrected chi connectivity index (χ0v) is 29.9. The summed E-state index contributed by atoms with van der Waals surface area (Å²) in [6.07, 6.45) is 4.21. The van der Waals surface area contributed by atoms with Crippen LogP contribution in [0.4, 0.5) is 0 Å². The highest BCUT2D eigenvalue weighted by atomic mass is 32.2. The van der Waals surface area contributed by atoms with Crippen molar-refractivity contribution in [3.8, 4) is 11.5 Å². The number of fused-ring (bicyclic) bond motifs is 2. The second kappa shape index (κ2) is 17.5. The SMILES string of the molecule is CCc1cc2c(cc1CC)CC(NCC(O)c1cc(CCNCCS(=O)(=O)CCCOCCc3ccccc3)c(O)c3[nH]c(=O)cc(O)c13)C2. The summed E-state index contributed by atoms with van der Waals surface area (Å²) in [4.78, 5) is 14.9. The van der Waals surface area contributed by atoms with Crippen molar-refractivity contribution in [3.63, 3.8) is 0 Å². The Morgan fingerprint density at radius 3 is 2.28 bits per heavy atom. The molecule has 0 fully saturated rings. The number of H-pyrrole nitrogens is 1. The van der Waals surface area contributed by atoms with Crippen molar-refractivity contribution < 1.29 is 28.5 Å². The Balaban J connectivity index is 1.14. The van der Waals surface area contributed by atoms with E-state index in [4.69, 9.17) is 4.74 Å². The molecule has 0 bridgehead atoms. The molecule has 0 spiro atoms. The van der Waals surface area contributed by atoms with Gasteiger partial charge in [-0.15, -0.1) is 0 Å². The van der Waals surface area contributed by atoms with Crippen LogP contribution in [0, 0.1) is 0 Å². The summed E-state index contributed by atoms with van der Waals surface area (Å²) in [6, 6.07) is 17.5. The van der Waals surface area contributed by atoms with Gasteiger partial charge in [-0.2, -0.15) is 0 Å². The lowest BCUT2D eigenvalue weighted by Gasteiger charge is -2.20. The van der Waals surface area contributed by atoms with Crippen molar-refractivity contribution in [2.45, 2.75) is 70.9 Å². The molecule has 4 aromatic rings. The number of rotatable bonds is 19. The molecule has 10 nitrogen and oxygen atoms in total. The van der Waals surface area contributed by atoms with Crippen molar-refractivity contribution in [1.29, 1.82) is 0 Å². The minimum Gasteiger partial charge on any atom is -0.507 e. The molecule has 1 heterocycles. The zero-order valence-electron chi connectivity index (χ0n) is 29.1. The molecule has 3 aromatic carbocycles. The van der Waals surface area contributed by atoms with E-state index < -0.39 is 21.5 Å². The number of phenols is 1. The van der Waals surface area contributed by atoms with Gasteiger partial charge in [0.1, 0.15) is 11.5 Å². The molecule has 0 amide bonds. The van der Waals surface area contributed by atoms with Gasteiger partial charge < -0.3 is 35.7 Å². The molecule has 0 saturated heterocycles. The van der Waals surface area contributed by atoms with Crippen molar-refractivity contribution in [3.05, 3.63) is 104 Å². The molecule has 1 atom stereocenters. The lowest BCUT2D eigenvalue weighted by molar-refractivity contribution is 0.138. The number of pyridine rings is 1. The van der Waals surface area contributed by atoms with Gasteiger partial charge in [0.2, 0.25) is 0 Å². The number of aliphatic hydroxyl groups is 1. The molecule has 1 unspecified atom stereocenters. The molecule has 0 aliphatic heterocycles. The highest BCUT2D eigenvalue weighted by Crippen LogP contribution is 2.37. The predicted octanol–water partition coefficient (Wildman–Crippen LogP) is 4.05. The summed E-state index contributed by atoms with van der Waals surface area (Å²) in [5.41, 5.74) is 6.95. The van der Waals surface area contributed by atoms with Gasteiger partial charge in [-0.1, -0.05) is 56.3 Å². The number of aliphatic hydroxyl groups excluding tert-OH is 1. The van der Waals surface area contributed by atoms with E-state index in [0.717, 1.165) is 38.2 Å². The maximum absolute atomic E-state index is 12.6. The van der Waals surface area contributed by atoms with Crippen LogP contribution >= 0.6 is 0 Å². The third kappa shape index (κ3) is 9.73. The van der Waals surface area contributed by atoms with E-state index in [-0.39, 0.29) is 53.0 Å². The molecule has 0 saturated carbocycles. The van der Waals surface area contributed by atoms with Crippen LogP contribution in [0.15, 0.2) is 59.4 Å². The van der Waals surface area contributed by atoms with Gasteiger partial charge in [-0.3, -0.25) is 4.79 Å². The van der Waals surface area contributed by atoms with Gasteiger partial charge in [0.25, 0.3) is 5.56 Å².